The van der Waals surface area contributed by atoms with Crippen LogP contribution in [-0.4, -0.2) is 24.4 Å². The van der Waals surface area contributed by atoms with E-state index in [4.69, 9.17) is 0 Å². The fourth-order valence-corrected chi connectivity index (χ4v) is 5.94. The molecule has 4 nitrogen and oxygen atoms in total. The van der Waals surface area contributed by atoms with Crippen LogP contribution >= 0.6 is 0 Å². The molecule has 1 unspecified atom stereocenters. The molecular formula is C25H24F8N2O2S. The van der Waals surface area contributed by atoms with Crippen LogP contribution in [0.15, 0.2) is 36.5 Å². The predicted molar refractivity (Wildman–Crippen MR) is 126 cm³/mol. The van der Waals surface area contributed by atoms with Crippen LogP contribution in [0.3, 0.4) is 0 Å². The zero-order valence-corrected chi connectivity index (χ0v) is 21.3. The van der Waals surface area contributed by atoms with E-state index in [1.807, 2.05) is 0 Å². The Morgan fingerprint density at radius 3 is 2.13 bits per heavy atom. The van der Waals surface area contributed by atoms with Crippen LogP contribution in [0.1, 0.15) is 50.8 Å². The first-order valence-corrected chi connectivity index (χ1v) is 13.1. The molecule has 0 saturated heterocycles. The molecule has 0 spiro atoms. The Hall–Kier alpha value is -2.67. The molecule has 1 aromatic heterocycles. The number of hydrogen-bond donors (Lipinski definition) is 1. The molecule has 1 N–H and O–H groups in total. The number of alkyl halides is 6. The molecule has 1 aliphatic rings. The number of nitrogens with zero attached hydrogens (tertiary/aromatic N) is 1. The highest BCUT2D eigenvalue weighted by Gasteiger charge is 2.48. The highest BCUT2D eigenvalue weighted by atomic mass is 32.2. The summed E-state index contributed by atoms with van der Waals surface area (Å²) in [5.41, 5.74) is -4.40. The van der Waals surface area contributed by atoms with Crippen LogP contribution < -0.4 is 4.72 Å². The lowest BCUT2D eigenvalue weighted by Gasteiger charge is -2.22. The van der Waals surface area contributed by atoms with Crippen molar-refractivity contribution in [3.63, 3.8) is 0 Å². The van der Waals surface area contributed by atoms with E-state index >= 15 is 4.39 Å². The lowest BCUT2D eigenvalue weighted by molar-refractivity contribution is -0.152. The Bertz CT molecular complexity index is 1480. The van der Waals surface area contributed by atoms with E-state index in [2.05, 4.69) is 0 Å². The first kappa shape index (κ1) is 28.3. The van der Waals surface area contributed by atoms with E-state index < -0.39 is 73.0 Å². The second kappa shape index (κ2) is 9.22. The number of hydrogen-bond acceptors (Lipinski definition) is 2. The average molecular weight is 569 g/mol. The Morgan fingerprint density at radius 2 is 1.61 bits per heavy atom. The van der Waals surface area contributed by atoms with Crippen LogP contribution in [0.5, 0.6) is 0 Å². The summed E-state index contributed by atoms with van der Waals surface area (Å²) >= 11 is 0. The van der Waals surface area contributed by atoms with Gasteiger partial charge in [-0.2, -0.15) is 31.1 Å². The van der Waals surface area contributed by atoms with Crippen LogP contribution in [0.25, 0.3) is 22.0 Å². The molecule has 1 aliphatic carbocycles. The van der Waals surface area contributed by atoms with Crippen molar-refractivity contribution in [2.24, 2.45) is 5.41 Å². The van der Waals surface area contributed by atoms with E-state index in [0.717, 1.165) is 24.4 Å². The zero-order chi connectivity index (χ0) is 28.4. The van der Waals surface area contributed by atoms with Crippen molar-refractivity contribution in [2.75, 3.05) is 0 Å². The molecular weight excluding hydrogens is 544 g/mol. The molecule has 38 heavy (non-hydrogen) atoms. The molecule has 1 saturated carbocycles. The molecule has 3 aromatic rings. The van der Waals surface area contributed by atoms with Gasteiger partial charge in [-0.1, -0.05) is 32.9 Å². The summed E-state index contributed by atoms with van der Waals surface area (Å²) in [4.78, 5) is 0. The van der Waals surface area contributed by atoms with Crippen molar-refractivity contribution in [3.8, 4) is 11.1 Å². The van der Waals surface area contributed by atoms with Gasteiger partial charge in [-0.3, -0.25) is 0 Å². The fourth-order valence-electron chi connectivity index (χ4n) is 4.40. The molecule has 0 amide bonds. The van der Waals surface area contributed by atoms with E-state index in [1.165, 1.54) is 4.57 Å². The molecule has 0 aliphatic heterocycles. The van der Waals surface area contributed by atoms with Gasteiger partial charge in [-0.05, 0) is 42.0 Å². The number of nitrogens with one attached hydrogen (secondary N) is 1. The van der Waals surface area contributed by atoms with Crippen molar-refractivity contribution in [3.05, 3.63) is 59.3 Å². The SMILES string of the molecule is CC(C)(C)Cn1cc(C(NS(=O)(=O)C2CC2)C(F)(F)F)c2cc(F)c(-c3cccc(F)c3C(F)(F)F)cc21. The highest BCUT2D eigenvalue weighted by Crippen LogP contribution is 2.44. The lowest BCUT2D eigenvalue weighted by atomic mass is 9.95. The van der Waals surface area contributed by atoms with Gasteiger partial charge in [0.1, 0.15) is 17.7 Å². The minimum absolute atomic E-state index is 0.0593. The summed E-state index contributed by atoms with van der Waals surface area (Å²) in [6.45, 7) is 5.33. The fraction of sp³-hybridized carbons (Fsp3) is 0.440. The van der Waals surface area contributed by atoms with E-state index in [-0.39, 0.29) is 30.3 Å². The lowest BCUT2D eigenvalue weighted by Crippen LogP contribution is -2.39. The topological polar surface area (TPSA) is 51.1 Å². The number of aromatic nitrogens is 1. The van der Waals surface area contributed by atoms with Gasteiger partial charge in [-0.25, -0.2) is 17.2 Å². The molecule has 0 radical (unpaired) electrons. The van der Waals surface area contributed by atoms with E-state index in [9.17, 15) is 39.2 Å². The Morgan fingerprint density at radius 1 is 0.974 bits per heavy atom. The molecule has 1 fully saturated rings. The third-order valence-electron chi connectivity index (χ3n) is 6.12. The number of benzene rings is 2. The molecule has 4 rings (SSSR count). The second-order valence-electron chi connectivity index (χ2n) is 10.6. The first-order chi connectivity index (χ1) is 17.3. The number of fused-ring (bicyclic) bond motifs is 1. The maximum absolute atomic E-state index is 15.3. The summed E-state index contributed by atoms with van der Waals surface area (Å²) in [6, 6.07) is 1.26. The summed E-state index contributed by atoms with van der Waals surface area (Å²) in [6.07, 6.45) is -8.84. The molecule has 0 bridgehead atoms. The van der Waals surface area contributed by atoms with Gasteiger partial charge in [0.15, 0.2) is 0 Å². The van der Waals surface area contributed by atoms with Crippen LogP contribution in [0.4, 0.5) is 35.1 Å². The molecule has 13 heteroatoms. The van der Waals surface area contributed by atoms with Crippen molar-refractivity contribution in [2.45, 2.75) is 63.8 Å². The van der Waals surface area contributed by atoms with Gasteiger partial charge < -0.3 is 4.57 Å². The van der Waals surface area contributed by atoms with Gasteiger partial charge in [0.25, 0.3) is 0 Å². The molecule has 208 valence electrons. The number of halogens is 8. The minimum atomic E-state index is -5.18. The average Bonchev–Trinajstić information content (AvgIpc) is 3.54. The van der Waals surface area contributed by atoms with Gasteiger partial charge >= 0.3 is 12.4 Å². The largest absolute Gasteiger partial charge is 0.419 e. The van der Waals surface area contributed by atoms with Gasteiger partial charge in [0.05, 0.1) is 10.8 Å². The Labute approximate surface area is 213 Å². The van der Waals surface area contributed by atoms with Gasteiger partial charge in [0, 0.05) is 34.8 Å². The summed E-state index contributed by atoms with van der Waals surface area (Å²) in [5.74, 6) is -2.96. The standard InChI is InChI=1S/C25H24F8N2O2S/c1-23(2,3)12-35-11-17(22(25(31,32)33)34-38(36,37)13-7-8-13)16-9-19(27)15(10-20(16)35)14-5-4-6-18(26)21(14)24(28,29)30/h4-6,9-11,13,22,34H,7-8,12H2,1-3H3. The van der Waals surface area contributed by atoms with Crippen LogP contribution in [0.2, 0.25) is 0 Å². The maximum Gasteiger partial charge on any atom is 0.419 e. The normalized spacial score (nSPS) is 16.3. The Balaban J connectivity index is 1.99. The van der Waals surface area contributed by atoms with Gasteiger partial charge in [-0.15, -0.1) is 0 Å². The third kappa shape index (κ3) is 5.68. The molecule has 1 atom stereocenters. The predicted octanol–water partition coefficient (Wildman–Crippen LogP) is 7.34. The van der Waals surface area contributed by atoms with Crippen molar-refractivity contribution in [1.29, 1.82) is 0 Å². The third-order valence-corrected chi connectivity index (χ3v) is 8.03. The number of sulfonamides is 1. The quantitative estimate of drug-likeness (QED) is 0.317. The van der Waals surface area contributed by atoms with Crippen LogP contribution in [-0.2, 0) is 22.7 Å². The molecule has 1 heterocycles. The van der Waals surface area contributed by atoms with Crippen molar-refractivity contribution < 1.29 is 43.5 Å². The summed E-state index contributed by atoms with van der Waals surface area (Å²) in [5, 5.41) is -1.30. The van der Waals surface area contributed by atoms with Crippen LogP contribution in [0, 0.1) is 17.0 Å². The smallest absolute Gasteiger partial charge is 0.347 e. The maximum atomic E-state index is 15.3. The molecule has 2 aromatic carbocycles. The van der Waals surface area contributed by atoms with Gasteiger partial charge in [0.2, 0.25) is 10.0 Å². The first-order valence-electron chi connectivity index (χ1n) is 11.6. The number of rotatable bonds is 6. The Kier molecular flexibility index (Phi) is 6.87. The zero-order valence-electron chi connectivity index (χ0n) is 20.4. The minimum Gasteiger partial charge on any atom is -0.347 e. The second-order valence-corrected chi connectivity index (χ2v) is 12.6. The summed E-state index contributed by atoms with van der Waals surface area (Å²) < 4.78 is 141. The van der Waals surface area contributed by atoms with E-state index in [1.54, 1.807) is 25.5 Å². The summed E-state index contributed by atoms with van der Waals surface area (Å²) in [7, 11) is -4.34. The highest BCUT2D eigenvalue weighted by molar-refractivity contribution is 7.90. The van der Waals surface area contributed by atoms with E-state index in [0.29, 0.717) is 12.1 Å². The monoisotopic (exact) mass is 568 g/mol. The van der Waals surface area contributed by atoms with Crippen molar-refractivity contribution >= 4 is 20.9 Å². The van der Waals surface area contributed by atoms with Crippen molar-refractivity contribution in [1.82, 2.24) is 9.29 Å².